The van der Waals surface area contributed by atoms with E-state index in [4.69, 9.17) is 17.0 Å². The van der Waals surface area contributed by atoms with Crippen LogP contribution in [0.15, 0.2) is 48.5 Å². The first-order chi connectivity index (χ1) is 9.26. The summed E-state index contributed by atoms with van der Waals surface area (Å²) in [6.07, 6.45) is 1.54. The number of carbonyl (C=O) groups excluding carboxylic acids is 1. The predicted molar refractivity (Wildman–Crippen MR) is 78.4 cm³/mol. The summed E-state index contributed by atoms with van der Waals surface area (Å²) in [6.45, 7) is 0. The van der Waals surface area contributed by atoms with E-state index in [0.29, 0.717) is 23.4 Å². The molecule has 3 heteroatoms. The molecule has 2 rings (SSSR count). The van der Waals surface area contributed by atoms with Crippen LogP contribution in [-0.4, -0.2) is 12.0 Å². The minimum absolute atomic E-state index is 0.0108. The summed E-state index contributed by atoms with van der Waals surface area (Å²) in [4.78, 5) is 12.3. The van der Waals surface area contributed by atoms with Crippen molar-refractivity contribution < 1.29 is 4.79 Å². The summed E-state index contributed by atoms with van der Waals surface area (Å²) in [6, 6.07) is 15.0. The van der Waals surface area contributed by atoms with E-state index in [1.54, 1.807) is 6.07 Å². The first kappa shape index (κ1) is 13.5. The Kier molecular flexibility index (Phi) is 4.48. The molecule has 0 amide bonds. The maximum Gasteiger partial charge on any atom is 0.167 e. The van der Waals surface area contributed by atoms with Crippen LogP contribution in [0.25, 0.3) is 0 Å². The van der Waals surface area contributed by atoms with E-state index in [1.165, 1.54) is 6.21 Å². The van der Waals surface area contributed by atoms with Crippen molar-refractivity contribution in [2.45, 2.75) is 12.3 Å². The molecule has 0 unspecified atom stereocenters. The second-order valence-corrected chi connectivity index (χ2v) is 4.51. The molecule has 0 radical (unpaired) electrons. The molecule has 0 bridgehead atoms. The van der Waals surface area contributed by atoms with Gasteiger partial charge in [-0.1, -0.05) is 48.5 Å². The van der Waals surface area contributed by atoms with E-state index in [-0.39, 0.29) is 5.78 Å². The van der Waals surface area contributed by atoms with Gasteiger partial charge >= 0.3 is 0 Å². The normalized spacial score (nSPS) is 10.2. The van der Waals surface area contributed by atoms with E-state index in [2.05, 4.69) is 0 Å². The molecule has 2 aromatic carbocycles. The Bertz CT molecular complexity index is 593. The first-order valence-corrected chi connectivity index (χ1v) is 6.55. The zero-order valence-electron chi connectivity index (χ0n) is 10.4. The van der Waals surface area contributed by atoms with Crippen LogP contribution in [0.3, 0.4) is 0 Å². The fraction of sp³-hybridized carbons (Fsp3) is 0.125. The number of alkyl halides is 1. The zero-order valence-corrected chi connectivity index (χ0v) is 11.2. The Morgan fingerprint density at radius 1 is 1.11 bits per heavy atom. The maximum atomic E-state index is 12.3. The van der Waals surface area contributed by atoms with E-state index in [1.807, 2.05) is 42.5 Å². The smallest absolute Gasteiger partial charge is 0.167 e. The lowest BCUT2D eigenvalue weighted by molar-refractivity contribution is 0.0993. The number of nitrogens with one attached hydrogen (secondary N) is 1. The molecule has 0 aliphatic rings. The third-order valence-electron chi connectivity index (χ3n) is 2.99. The number of carbonyl (C=O) groups is 1. The largest absolute Gasteiger partial charge is 0.308 e. The maximum absolute atomic E-state index is 12.3. The van der Waals surface area contributed by atoms with Crippen LogP contribution in [0.5, 0.6) is 0 Å². The average molecular weight is 272 g/mol. The molecule has 0 spiro atoms. The number of halogens is 1. The quantitative estimate of drug-likeness (QED) is 0.501. The van der Waals surface area contributed by atoms with Gasteiger partial charge in [0.15, 0.2) is 5.78 Å². The van der Waals surface area contributed by atoms with Crippen molar-refractivity contribution in [3.05, 3.63) is 70.8 Å². The second kappa shape index (κ2) is 6.30. The number of hydrogen-bond acceptors (Lipinski definition) is 2. The van der Waals surface area contributed by atoms with E-state index >= 15 is 0 Å². The third kappa shape index (κ3) is 3.09. The lowest BCUT2D eigenvalue weighted by atomic mass is 9.96. The minimum Gasteiger partial charge on any atom is -0.308 e. The monoisotopic (exact) mass is 271 g/mol. The molecular formula is C16H14ClNO. The molecule has 0 atom stereocenters. The van der Waals surface area contributed by atoms with Crippen molar-refractivity contribution in [2.24, 2.45) is 0 Å². The molecule has 0 fully saturated rings. The number of hydrogen-bond donors (Lipinski definition) is 1. The van der Waals surface area contributed by atoms with Crippen LogP contribution >= 0.6 is 11.6 Å². The summed E-state index contributed by atoms with van der Waals surface area (Å²) in [5.41, 5.74) is 2.98. The molecule has 2 aromatic rings. The molecule has 0 saturated carbocycles. The molecule has 0 heterocycles. The molecule has 1 N–H and O–H groups in total. The number of ketones is 1. The van der Waals surface area contributed by atoms with Crippen molar-refractivity contribution in [2.75, 3.05) is 0 Å². The van der Waals surface area contributed by atoms with Gasteiger partial charge in [0.05, 0.1) is 0 Å². The van der Waals surface area contributed by atoms with Gasteiger partial charge in [-0.05, 0) is 11.1 Å². The fourth-order valence-electron chi connectivity index (χ4n) is 2.02. The van der Waals surface area contributed by atoms with Gasteiger partial charge in [0.1, 0.15) is 0 Å². The van der Waals surface area contributed by atoms with Crippen molar-refractivity contribution in [1.82, 2.24) is 0 Å². The summed E-state index contributed by atoms with van der Waals surface area (Å²) >= 11 is 5.83. The lowest BCUT2D eigenvalue weighted by Gasteiger charge is -2.08. The van der Waals surface area contributed by atoms with Gasteiger partial charge < -0.3 is 5.41 Å². The molecule has 0 aliphatic heterocycles. The second-order valence-electron chi connectivity index (χ2n) is 4.24. The minimum atomic E-state index is 0.0108. The zero-order chi connectivity index (χ0) is 13.7. The number of rotatable bonds is 5. The highest BCUT2D eigenvalue weighted by Crippen LogP contribution is 2.17. The lowest BCUT2D eigenvalue weighted by Crippen LogP contribution is -2.08. The molecule has 0 saturated heterocycles. The third-order valence-corrected chi connectivity index (χ3v) is 3.28. The van der Waals surface area contributed by atoms with Crippen LogP contribution in [0.1, 0.15) is 27.0 Å². The Morgan fingerprint density at radius 3 is 2.47 bits per heavy atom. The van der Waals surface area contributed by atoms with E-state index in [0.717, 1.165) is 11.1 Å². The molecular weight excluding hydrogens is 258 g/mol. The van der Waals surface area contributed by atoms with Gasteiger partial charge in [-0.2, -0.15) is 0 Å². The van der Waals surface area contributed by atoms with Crippen LogP contribution in [0, 0.1) is 5.41 Å². The van der Waals surface area contributed by atoms with Gasteiger partial charge in [-0.15, -0.1) is 11.6 Å². The molecule has 2 nitrogen and oxygen atoms in total. The van der Waals surface area contributed by atoms with Crippen molar-refractivity contribution in [3.8, 4) is 0 Å². The first-order valence-electron chi connectivity index (χ1n) is 6.01. The highest BCUT2D eigenvalue weighted by atomic mass is 35.5. The van der Waals surface area contributed by atoms with Crippen molar-refractivity contribution in [1.29, 1.82) is 5.41 Å². The molecule has 96 valence electrons. The van der Waals surface area contributed by atoms with Gasteiger partial charge in [-0.25, -0.2) is 0 Å². The standard InChI is InChI=1S/C16H14ClNO/c17-10-13-7-4-8-14(15(13)11-18)16(19)9-12-5-2-1-3-6-12/h1-8,11,18H,9-10H2. The summed E-state index contributed by atoms with van der Waals surface area (Å²) in [7, 11) is 0. The van der Waals surface area contributed by atoms with Crippen LogP contribution < -0.4 is 0 Å². The van der Waals surface area contributed by atoms with Gasteiger partial charge in [-0.3, -0.25) is 4.79 Å². The van der Waals surface area contributed by atoms with Gasteiger partial charge in [0.25, 0.3) is 0 Å². The van der Waals surface area contributed by atoms with E-state index < -0.39 is 0 Å². The summed E-state index contributed by atoms with van der Waals surface area (Å²) in [5, 5.41) is 7.47. The number of Topliss-reactive ketones (excluding diaryl/α,β-unsaturated/α-hetero) is 1. The van der Waals surface area contributed by atoms with Gasteiger partial charge in [0.2, 0.25) is 0 Å². The Hall–Kier alpha value is -1.93. The SMILES string of the molecule is N=Cc1c(CCl)cccc1C(=O)Cc1ccccc1. The van der Waals surface area contributed by atoms with Crippen molar-refractivity contribution in [3.63, 3.8) is 0 Å². The molecule has 19 heavy (non-hydrogen) atoms. The Labute approximate surface area is 117 Å². The van der Waals surface area contributed by atoms with Crippen LogP contribution in [0.4, 0.5) is 0 Å². The predicted octanol–water partition coefficient (Wildman–Crippen LogP) is 3.85. The van der Waals surface area contributed by atoms with Gasteiger partial charge in [0, 0.05) is 29.6 Å². The Morgan fingerprint density at radius 2 is 1.84 bits per heavy atom. The van der Waals surface area contributed by atoms with Crippen LogP contribution in [-0.2, 0) is 12.3 Å². The highest BCUT2D eigenvalue weighted by molar-refractivity contribution is 6.18. The topological polar surface area (TPSA) is 40.9 Å². The van der Waals surface area contributed by atoms with Crippen LogP contribution in [0.2, 0.25) is 0 Å². The average Bonchev–Trinajstić information content (AvgIpc) is 2.47. The Balaban J connectivity index is 2.31. The highest BCUT2D eigenvalue weighted by Gasteiger charge is 2.13. The van der Waals surface area contributed by atoms with E-state index in [9.17, 15) is 4.79 Å². The molecule has 0 aliphatic carbocycles. The fourth-order valence-corrected chi connectivity index (χ4v) is 2.25. The summed E-state index contributed by atoms with van der Waals surface area (Å²) < 4.78 is 0. The summed E-state index contributed by atoms with van der Waals surface area (Å²) in [5.74, 6) is 0.314. The molecule has 0 aromatic heterocycles. The number of benzene rings is 2. The van der Waals surface area contributed by atoms with Crippen molar-refractivity contribution >= 4 is 23.6 Å².